The number of carbonyl (C=O) groups is 3. The van der Waals surface area contributed by atoms with Crippen LogP contribution in [0.4, 0.5) is 4.39 Å². The largest absolute Gasteiger partial charge is 0.482 e. The zero-order valence-corrected chi connectivity index (χ0v) is 18.1. The van der Waals surface area contributed by atoms with E-state index in [9.17, 15) is 18.8 Å². The number of rotatable bonds is 10. The van der Waals surface area contributed by atoms with Crippen LogP contribution in [0.5, 0.6) is 5.75 Å². The predicted molar refractivity (Wildman–Crippen MR) is 117 cm³/mol. The molecule has 2 aromatic rings. The molecule has 0 spiro atoms. The Morgan fingerprint density at radius 2 is 1.88 bits per heavy atom. The van der Waals surface area contributed by atoms with Crippen molar-refractivity contribution in [3.05, 3.63) is 65.5 Å². The fourth-order valence-corrected chi connectivity index (χ4v) is 2.67. The fourth-order valence-electron chi connectivity index (χ4n) is 2.67. The zero-order chi connectivity index (χ0) is 23.5. The molecule has 9 heteroatoms. The maximum absolute atomic E-state index is 13.8. The minimum Gasteiger partial charge on any atom is -0.482 e. The second-order valence-corrected chi connectivity index (χ2v) is 7.08. The van der Waals surface area contributed by atoms with E-state index in [2.05, 4.69) is 15.8 Å². The van der Waals surface area contributed by atoms with Crippen LogP contribution in [0.3, 0.4) is 0 Å². The number of hydrazone groups is 1. The summed E-state index contributed by atoms with van der Waals surface area (Å²) in [4.78, 5) is 36.3. The molecule has 0 aliphatic heterocycles. The molecular weight excluding hydrogens is 417 g/mol. The molecule has 2 amide bonds. The van der Waals surface area contributed by atoms with Crippen molar-refractivity contribution in [3.8, 4) is 5.75 Å². The summed E-state index contributed by atoms with van der Waals surface area (Å²) in [6.07, 6.45) is 1.39. The molecule has 2 rings (SSSR count). The Bertz CT molecular complexity index is 978. The lowest BCUT2D eigenvalue weighted by atomic mass is 10.0. The molecule has 0 fully saturated rings. The molecule has 0 saturated heterocycles. The Morgan fingerprint density at radius 3 is 2.56 bits per heavy atom. The maximum Gasteiger partial charge on any atom is 0.344 e. The molecule has 0 aliphatic carbocycles. The van der Waals surface area contributed by atoms with Crippen LogP contribution in [0.25, 0.3) is 0 Å². The molecule has 1 unspecified atom stereocenters. The van der Waals surface area contributed by atoms with Crippen molar-refractivity contribution in [1.29, 1.82) is 0 Å². The van der Waals surface area contributed by atoms with Crippen LogP contribution in [0, 0.1) is 11.7 Å². The van der Waals surface area contributed by atoms with Gasteiger partial charge in [0.2, 0.25) is 0 Å². The Balaban J connectivity index is 1.97. The van der Waals surface area contributed by atoms with Crippen molar-refractivity contribution in [2.45, 2.75) is 26.8 Å². The highest BCUT2D eigenvalue weighted by atomic mass is 19.1. The minimum atomic E-state index is -0.918. The van der Waals surface area contributed by atoms with Crippen LogP contribution < -0.4 is 15.5 Å². The third-order valence-electron chi connectivity index (χ3n) is 4.26. The normalized spacial score (nSPS) is 11.8. The van der Waals surface area contributed by atoms with Crippen LogP contribution in [0.1, 0.15) is 36.7 Å². The SMILES string of the molecule is CCOC(=O)COc1cccc(/C=N/NC(=O)C(NC(=O)c2ccccc2F)C(C)C)c1. The van der Waals surface area contributed by atoms with Crippen molar-refractivity contribution in [2.75, 3.05) is 13.2 Å². The number of esters is 1. The topological polar surface area (TPSA) is 106 Å². The smallest absolute Gasteiger partial charge is 0.344 e. The van der Waals surface area contributed by atoms with E-state index in [4.69, 9.17) is 9.47 Å². The van der Waals surface area contributed by atoms with Crippen molar-refractivity contribution < 1.29 is 28.2 Å². The number of nitrogens with zero attached hydrogens (tertiary/aromatic N) is 1. The van der Waals surface area contributed by atoms with Gasteiger partial charge in [-0.3, -0.25) is 9.59 Å². The summed E-state index contributed by atoms with van der Waals surface area (Å²) < 4.78 is 24.0. The molecule has 0 heterocycles. The summed E-state index contributed by atoms with van der Waals surface area (Å²) in [5.74, 6) is -2.21. The first-order valence-electron chi connectivity index (χ1n) is 10.1. The minimum absolute atomic E-state index is 0.144. The van der Waals surface area contributed by atoms with Crippen LogP contribution in [0.2, 0.25) is 0 Å². The highest BCUT2D eigenvalue weighted by Gasteiger charge is 2.25. The number of benzene rings is 2. The van der Waals surface area contributed by atoms with E-state index in [1.807, 2.05) is 0 Å². The van der Waals surface area contributed by atoms with Crippen molar-refractivity contribution in [1.82, 2.24) is 10.7 Å². The summed E-state index contributed by atoms with van der Waals surface area (Å²) in [5, 5.41) is 6.45. The lowest BCUT2D eigenvalue weighted by molar-refractivity contribution is -0.145. The van der Waals surface area contributed by atoms with E-state index in [0.717, 1.165) is 0 Å². The molecule has 170 valence electrons. The van der Waals surface area contributed by atoms with Gasteiger partial charge in [0.15, 0.2) is 6.61 Å². The lowest BCUT2D eigenvalue weighted by Gasteiger charge is -2.20. The molecule has 2 N–H and O–H groups in total. The summed E-state index contributed by atoms with van der Waals surface area (Å²) in [7, 11) is 0. The van der Waals surface area contributed by atoms with E-state index in [-0.39, 0.29) is 24.7 Å². The van der Waals surface area contributed by atoms with Gasteiger partial charge in [0.1, 0.15) is 17.6 Å². The molecule has 0 bridgehead atoms. The molecule has 32 heavy (non-hydrogen) atoms. The van der Waals surface area contributed by atoms with Gasteiger partial charge >= 0.3 is 5.97 Å². The first-order valence-corrected chi connectivity index (χ1v) is 10.1. The van der Waals surface area contributed by atoms with Crippen molar-refractivity contribution in [2.24, 2.45) is 11.0 Å². The lowest BCUT2D eigenvalue weighted by Crippen LogP contribution is -2.48. The summed E-state index contributed by atoms with van der Waals surface area (Å²) in [5.41, 5.74) is 2.85. The number of carbonyl (C=O) groups excluding carboxylic acids is 3. The van der Waals surface area contributed by atoms with Gasteiger partial charge in [-0.2, -0.15) is 5.10 Å². The van der Waals surface area contributed by atoms with E-state index >= 15 is 0 Å². The summed E-state index contributed by atoms with van der Waals surface area (Å²) in [6, 6.07) is 11.3. The van der Waals surface area contributed by atoms with E-state index in [0.29, 0.717) is 11.3 Å². The average molecular weight is 443 g/mol. The highest BCUT2D eigenvalue weighted by Crippen LogP contribution is 2.12. The van der Waals surface area contributed by atoms with Gasteiger partial charge in [-0.15, -0.1) is 0 Å². The van der Waals surface area contributed by atoms with Crippen LogP contribution in [-0.2, 0) is 14.3 Å². The van der Waals surface area contributed by atoms with Gasteiger partial charge in [0.25, 0.3) is 11.8 Å². The fraction of sp³-hybridized carbons (Fsp3) is 0.304. The van der Waals surface area contributed by atoms with Crippen molar-refractivity contribution >= 4 is 24.0 Å². The Morgan fingerprint density at radius 1 is 1.12 bits per heavy atom. The average Bonchev–Trinajstić information content (AvgIpc) is 2.76. The van der Waals surface area contributed by atoms with Crippen LogP contribution in [-0.4, -0.2) is 43.3 Å². The third kappa shape index (κ3) is 7.50. The zero-order valence-electron chi connectivity index (χ0n) is 18.1. The first-order chi connectivity index (χ1) is 15.3. The molecule has 2 aromatic carbocycles. The number of nitrogens with one attached hydrogen (secondary N) is 2. The number of amides is 2. The van der Waals surface area contributed by atoms with Crippen molar-refractivity contribution in [3.63, 3.8) is 0 Å². The number of hydrogen-bond donors (Lipinski definition) is 2. The number of halogens is 1. The molecule has 1 atom stereocenters. The molecule has 0 aromatic heterocycles. The molecular formula is C23H26FN3O5. The van der Waals surface area contributed by atoms with Gasteiger partial charge < -0.3 is 14.8 Å². The van der Waals surface area contributed by atoms with Gasteiger partial charge in [-0.25, -0.2) is 14.6 Å². The second-order valence-electron chi connectivity index (χ2n) is 7.08. The van der Waals surface area contributed by atoms with Gasteiger partial charge in [-0.05, 0) is 42.7 Å². The highest BCUT2D eigenvalue weighted by molar-refractivity contribution is 5.98. The van der Waals surface area contributed by atoms with Gasteiger partial charge in [0.05, 0.1) is 18.4 Å². The Labute approximate surface area is 185 Å². The van der Waals surface area contributed by atoms with Gasteiger partial charge in [0, 0.05) is 0 Å². The maximum atomic E-state index is 13.8. The number of ether oxygens (including phenoxy) is 2. The molecule has 8 nitrogen and oxygen atoms in total. The van der Waals surface area contributed by atoms with E-state index in [1.165, 1.54) is 30.5 Å². The second kappa shape index (κ2) is 12.2. The van der Waals surface area contributed by atoms with Gasteiger partial charge in [-0.1, -0.05) is 38.1 Å². The standard InChI is InChI=1S/C23H26FN3O5/c1-4-31-20(28)14-32-17-9-7-8-16(12-17)13-25-27-23(30)21(15(2)3)26-22(29)18-10-5-6-11-19(18)24/h5-13,15,21H,4,14H2,1-3H3,(H,26,29)(H,27,30)/b25-13+. The monoisotopic (exact) mass is 443 g/mol. The van der Waals surface area contributed by atoms with E-state index < -0.39 is 29.6 Å². The first kappa shape index (κ1) is 24.5. The van der Waals surface area contributed by atoms with Crippen LogP contribution in [0.15, 0.2) is 53.6 Å². The third-order valence-corrected chi connectivity index (χ3v) is 4.26. The molecule has 0 aliphatic rings. The van der Waals surface area contributed by atoms with E-state index in [1.54, 1.807) is 45.0 Å². The molecule has 0 radical (unpaired) electrons. The molecule has 0 saturated carbocycles. The predicted octanol–water partition coefficient (Wildman–Crippen LogP) is 2.67. The summed E-state index contributed by atoms with van der Waals surface area (Å²) >= 11 is 0. The van der Waals surface area contributed by atoms with Crippen LogP contribution >= 0.6 is 0 Å². The Hall–Kier alpha value is -3.75. The Kier molecular flexibility index (Phi) is 9.34. The summed E-state index contributed by atoms with van der Waals surface area (Å²) in [6.45, 7) is 5.26. The quantitative estimate of drug-likeness (QED) is 0.334. The number of hydrogen-bond acceptors (Lipinski definition) is 6.